The van der Waals surface area contributed by atoms with Gasteiger partial charge in [-0.3, -0.25) is 4.98 Å². The maximum Gasteiger partial charge on any atom is 0.137 e. The molecule has 17 heavy (non-hydrogen) atoms. The lowest BCUT2D eigenvalue weighted by Gasteiger charge is -1.98. The molecular formula is C14H13N3. The van der Waals surface area contributed by atoms with Crippen LogP contribution in [-0.4, -0.2) is 15.0 Å². The van der Waals surface area contributed by atoms with Gasteiger partial charge in [-0.05, 0) is 48.7 Å². The normalized spacial score (nSPS) is 10.8. The van der Waals surface area contributed by atoms with Crippen LogP contribution in [-0.2, 0) is 12.8 Å². The van der Waals surface area contributed by atoms with E-state index in [1.165, 1.54) is 16.6 Å². The molecule has 1 N–H and O–H groups in total. The van der Waals surface area contributed by atoms with E-state index in [0.717, 1.165) is 18.5 Å². The average Bonchev–Trinajstić information content (AvgIpc) is 2.80. The lowest BCUT2D eigenvalue weighted by molar-refractivity contribution is 0.925. The zero-order valence-corrected chi connectivity index (χ0v) is 9.43. The zero-order valence-electron chi connectivity index (χ0n) is 9.43. The molecule has 0 aliphatic carbocycles. The van der Waals surface area contributed by atoms with Gasteiger partial charge in [0, 0.05) is 29.7 Å². The highest BCUT2D eigenvalue weighted by Gasteiger charge is 2.01. The van der Waals surface area contributed by atoms with Gasteiger partial charge >= 0.3 is 0 Å². The fourth-order valence-electron chi connectivity index (χ4n) is 1.98. The molecule has 3 rings (SSSR count). The molecule has 3 heterocycles. The summed E-state index contributed by atoms with van der Waals surface area (Å²) in [5.41, 5.74) is 3.51. The number of hydrogen-bond acceptors (Lipinski definition) is 2. The maximum atomic E-state index is 4.29. The first-order valence-electron chi connectivity index (χ1n) is 5.73. The number of nitrogens with zero attached hydrogens (tertiary/aromatic N) is 2. The summed E-state index contributed by atoms with van der Waals surface area (Å²) in [6.45, 7) is 0. The number of aromatic nitrogens is 3. The van der Waals surface area contributed by atoms with Crippen LogP contribution in [0.3, 0.4) is 0 Å². The molecule has 3 aromatic heterocycles. The first-order chi connectivity index (χ1) is 8.42. The number of hydrogen-bond donors (Lipinski definition) is 1. The molecule has 3 nitrogen and oxygen atoms in total. The number of fused-ring (bicyclic) bond motifs is 1. The SMILES string of the molecule is c1cnc2[nH]c(CCc3ccncc3)cc2c1. The van der Waals surface area contributed by atoms with Crippen molar-refractivity contribution in [3.63, 3.8) is 0 Å². The van der Waals surface area contributed by atoms with E-state index in [0.29, 0.717) is 0 Å². The van der Waals surface area contributed by atoms with E-state index in [2.05, 4.69) is 39.2 Å². The Balaban J connectivity index is 1.77. The number of pyridine rings is 2. The second-order valence-electron chi connectivity index (χ2n) is 4.09. The fraction of sp³-hybridized carbons (Fsp3) is 0.143. The zero-order chi connectivity index (χ0) is 11.5. The Labute approximate surface area is 99.5 Å². The summed E-state index contributed by atoms with van der Waals surface area (Å²) in [4.78, 5) is 11.6. The van der Waals surface area contributed by atoms with E-state index in [4.69, 9.17) is 0 Å². The van der Waals surface area contributed by atoms with E-state index in [9.17, 15) is 0 Å². The Kier molecular flexibility index (Phi) is 2.58. The summed E-state index contributed by atoms with van der Waals surface area (Å²) >= 11 is 0. The summed E-state index contributed by atoms with van der Waals surface area (Å²) in [7, 11) is 0. The highest BCUT2D eigenvalue weighted by atomic mass is 14.8. The molecule has 0 fully saturated rings. The summed E-state index contributed by atoms with van der Waals surface area (Å²) in [6.07, 6.45) is 7.51. The molecule has 0 aromatic carbocycles. The molecule has 84 valence electrons. The molecule has 0 saturated carbocycles. The van der Waals surface area contributed by atoms with Gasteiger partial charge in [-0.1, -0.05) is 0 Å². The number of aromatic amines is 1. The molecule has 3 heteroatoms. The van der Waals surface area contributed by atoms with Gasteiger partial charge < -0.3 is 4.98 Å². The quantitative estimate of drug-likeness (QED) is 0.741. The number of H-pyrrole nitrogens is 1. The molecule has 0 amide bonds. The molecule has 0 aliphatic heterocycles. The van der Waals surface area contributed by atoms with E-state index in [-0.39, 0.29) is 0 Å². The van der Waals surface area contributed by atoms with Crippen LogP contribution in [0.5, 0.6) is 0 Å². The summed E-state index contributed by atoms with van der Waals surface area (Å²) in [5, 5.41) is 1.18. The molecule has 0 spiro atoms. The van der Waals surface area contributed by atoms with Crippen LogP contribution < -0.4 is 0 Å². The summed E-state index contributed by atoms with van der Waals surface area (Å²) in [6, 6.07) is 10.3. The Morgan fingerprint density at radius 1 is 1.00 bits per heavy atom. The first-order valence-corrected chi connectivity index (χ1v) is 5.73. The van der Waals surface area contributed by atoms with Crippen molar-refractivity contribution >= 4 is 11.0 Å². The van der Waals surface area contributed by atoms with Gasteiger partial charge in [-0.2, -0.15) is 0 Å². The van der Waals surface area contributed by atoms with Crippen LogP contribution in [0.1, 0.15) is 11.3 Å². The largest absolute Gasteiger partial charge is 0.343 e. The van der Waals surface area contributed by atoms with Crippen molar-refractivity contribution < 1.29 is 0 Å². The van der Waals surface area contributed by atoms with Gasteiger partial charge in [0.05, 0.1) is 0 Å². The summed E-state index contributed by atoms with van der Waals surface area (Å²) in [5.74, 6) is 0. The van der Waals surface area contributed by atoms with Crippen LogP contribution in [0.2, 0.25) is 0 Å². The number of aryl methyl sites for hydroxylation is 2. The lowest BCUT2D eigenvalue weighted by Crippen LogP contribution is -1.91. The van der Waals surface area contributed by atoms with E-state index >= 15 is 0 Å². The topological polar surface area (TPSA) is 41.6 Å². The Morgan fingerprint density at radius 3 is 2.71 bits per heavy atom. The highest BCUT2D eigenvalue weighted by Crippen LogP contribution is 2.13. The van der Waals surface area contributed by atoms with Crippen LogP contribution in [0.25, 0.3) is 11.0 Å². The van der Waals surface area contributed by atoms with Crippen molar-refractivity contribution in [2.45, 2.75) is 12.8 Å². The second-order valence-corrected chi connectivity index (χ2v) is 4.09. The minimum Gasteiger partial charge on any atom is -0.343 e. The van der Waals surface area contributed by atoms with Gasteiger partial charge in [0.1, 0.15) is 5.65 Å². The molecule has 0 radical (unpaired) electrons. The van der Waals surface area contributed by atoms with E-state index < -0.39 is 0 Å². The number of nitrogens with one attached hydrogen (secondary N) is 1. The predicted molar refractivity (Wildman–Crippen MR) is 67.7 cm³/mol. The first kappa shape index (κ1) is 10.0. The third kappa shape index (κ3) is 2.18. The van der Waals surface area contributed by atoms with Gasteiger partial charge in [0.15, 0.2) is 0 Å². The standard InChI is InChI=1S/C14H13N3/c1-2-12-10-13(17-14(12)16-7-1)4-3-11-5-8-15-9-6-11/h1-2,5-10H,3-4H2,(H,16,17). The Hall–Kier alpha value is -2.16. The molecule has 3 aromatic rings. The van der Waals surface area contributed by atoms with Crippen molar-refractivity contribution in [1.82, 2.24) is 15.0 Å². The fourth-order valence-corrected chi connectivity index (χ4v) is 1.98. The minimum absolute atomic E-state index is 0.970. The van der Waals surface area contributed by atoms with Crippen LogP contribution >= 0.6 is 0 Å². The molecule has 0 bridgehead atoms. The molecular weight excluding hydrogens is 210 g/mol. The van der Waals surface area contributed by atoms with Gasteiger partial charge in [0.2, 0.25) is 0 Å². The molecule has 0 saturated heterocycles. The maximum absolute atomic E-state index is 4.29. The van der Waals surface area contributed by atoms with Crippen LogP contribution in [0, 0.1) is 0 Å². The summed E-state index contributed by atoms with van der Waals surface area (Å²) < 4.78 is 0. The molecule has 0 unspecified atom stereocenters. The van der Waals surface area contributed by atoms with Crippen LogP contribution in [0.15, 0.2) is 48.9 Å². The second kappa shape index (κ2) is 4.37. The highest BCUT2D eigenvalue weighted by molar-refractivity contribution is 5.76. The van der Waals surface area contributed by atoms with Crippen LogP contribution in [0.4, 0.5) is 0 Å². The van der Waals surface area contributed by atoms with E-state index in [1.54, 1.807) is 0 Å². The Morgan fingerprint density at radius 2 is 1.88 bits per heavy atom. The number of rotatable bonds is 3. The van der Waals surface area contributed by atoms with Gasteiger partial charge in [0.25, 0.3) is 0 Å². The average molecular weight is 223 g/mol. The van der Waals surface area contributed by atoms with Gasteiger partial charge in [-0.15, -0.1) is 0 Å². The monoisotopic (exact) mass is 223 g/mol. The van der Waals surface area contributed by atoms with Crippen molar-refractivity contribution in [3.8, 4) is 0 Å². The Bertz CT molecular complexity index is 580. The third-order valence-electron chi connectivity index (χ3n) is 2.88. The minimum atomic E-state index is 0.970. The molecule has 0 aliphatic rings. The van der Waals surface area contributed by atoms with Crippen molar-refractivity contribution in [1.29, 1.82) is 0 Å². The third-order valence-corrected chi connectivity index (χ3v) is 2.88. The van der Waals surface area contributed by atoms with E-state index in [1.807, 2.05) is 24.7 Å². The van der Waals surface area contributed by atoms with Crippen molar-refractivity contribution in [3.05, 3.63) is 60.2 Å². The van der Waals surface area contributed by atoms with Crippen molar-refractivity contribution in [2.75, 3.05) is 0 Å². The predicted octanol–water partition coefficient (Wildman–Crippen LogP) is 2.74. The van der Waals surface area contributed by atoms with Crippen molar-refractivity contribution in [2.24, 2.45) is 0 Å². The smallest absolute Gasteiger partial charge is 0.137 e. The molecule has 0 atom stereocenters. The lowest BCUT2D eigenvalue weighted by atomic mass is 10.1. The van der Waals surface area contributed by atoms with Gasteiger partial charge in [-0.25, -0.2) is 4.98 Å².